The Morgan fingerprint density at radius 1 is 1.14 bits per heavy atom. The van der Waals surface area contributed by atoms with Crippen LogP contribution >= 0.6 is 22.9 Å². The molecular weight excluding hydrogens is 506 g/mol. The van der Waals surface area contributed by atoms with Crippen LogP contribution in [0.25, 0.3) is 5.00 Å². The molecule has 198 valence electrons. The van der Waals surface area contributed by atoms with E-state index in [1.54, 1.807) is 11.3 Å². The van der Waals surface area contributed by atoms with Crippen molar-refractivity contribution < 1.29 is 4.79 Å². The average molecular weight is 542 g/mol. The molecule has 1 fully saturated rings. The van der Waals surface area contributed by atoms with Gasteiger partial charge >= 0.3 is 0 Å². The van der Waals surface area contributed by atoms with Crippen LogP contribution in [0.5, 0.6) is 0 Å². The fourth-order valence-corrected chi connectivity index (χ4v) is 6.58. The molecule has 5 rings (SSSR count). The first-order valence-electron chi connectivity index (χ1n) is 13.2. The zero-order valence-corrected chi connectivity index (χ0v) is 23.8. The number of nitrogens with zero attached hydrogens (tertiary/aromatic N) is 6. The topological polar surface area (TPSA) is 78.7 Å². The van der Waals surface area contributed by atoms with Crippen LogP contribution in [-0.4, -0.2) is 82.5 Å². The zero-order chi connectivity index (χ0) is 26.1. The van der Waals surface area contributed by atoms with Gasteiger partial charge in [-0.3, -0.25) is 14.4 Å². The number of thiophene rings is 1. The van der Waals surface area contributed by atoms with Crippen LogP contribution in [0.2, 0.25) is 0 Å². The molecule has 0 unspecified atom stereocenters. The van der Waals surface area contributed by atoms with Gasteiger partial charge in [-0.25, -0.2) is 0 Å². The van der Waals surface area contributed by atoms with Crippen molar-refractivity contribution in [1.29, 1.82) is 0 Å². The minimum absolute atomic E-state index is 0.00241. The third kappa shape index (κ3) is 5.60. The van der Waals surface area contributed by atoms with Crippen LogP contribution in [0.3, 0.4) is 0 Å². The molecule has 0 saturated carbocycles. The first-order chi connectivity index (χ1) is 17.8. The highest BCUT2D eigenvalue weighted by molar-refractivity contribution is 7.15. The molecular formula is C27H36ClN7OS. The van der Waals surface area contributed by atoms with E-state index < -0.39 is 6.04 Å². The van der Waals surface area contributed by atoms with Gasteiger partial charge in [-0.2, -0.15) is 0 Å². The van der Waals surface area contributed by atoms with Crippen molar-refractivity contribution in [1.82, 2.24) is 29.9 Å². The third-order valence-corrected chi connectivity index (χ3v) is 9.10. The lowest BCUT2D eigenvalue weighted by Gasteiger charge is -2.32. The Bertz CT molecular complexity index is 1270. The van der Waals surface area contributed by atoms with Gasteiger partial charge in [-0.15, -0.1) is 21.5 Å². The molecule has 1 atom stereocenters. The minimum atomic E-state index is -0.407. The molecule has 1 saturated heterocycles. The second kappa shape index (κ2) is 11.2. The number of carbonyl (C=O) groups excluding carboxylic acids is 1. The Kier molecular flexibility index (Phi) is 7.95. The van der Waals surface area contributed by atoms with Gasteiger partial charge in [0.2, 0.25) is 5.91 Å². The van der Waals surface area contributed by atoms with Crippen LogP contribution in [0.15, 0.2) is 27.7 Å². The highest BCUT2D eigenvalue weighted by Crippen LogP contribution is 2.40. The molecule has 0 aromatic carbocycles. The van der Waals surface area contributed by atoms with Crippen molar-refractivity contribution in [2.45, 2.75) is 52.5 Å². The molecule has 1 aliphatic carbocycles. The summed E-state index contributed by atoms with van der Waals surface area (Å²) in [6.07, 6.45) is 6.86. The average Bonchev–Trinajstić information content (AvgIpc) is 3.35. The fraction of sp³-hybridized carbons (Fsp3) is 0.556. The van der Waals surface area contributed by atoms with Crippen molar-refractivity contribution >= 4 is 34.6 Å². The standard InChI is InChI=1S/C27H36ClN7OS/c1-17-18(2)37-27-24(17)25(20-6-8-21(28)9-7-20)30-22(26-32-31-19(3)35(26)27)16-23(36)29-10-5-11-34-14-12-33(4)13-15-34/h6,8,22H,5,7,9-16H2,1-4H3,(H,29,36)/t22-/m0/s1. The molecule has 0 spiro atoms. The van der Waals surface area contributed by atoms with Gasteiger partial charge in [0.15, 0.2) is 5.82 Å². The molecule has 0 radical (unpaired) electrons. The summed E-state index contributed by atoms with van der Waals surface area (Å²) in [6.45, 7) is 12.3. The number of nitrogens with one attached hydrogen (secondary N) is 1. The lowest BCUT2D eigenvalue weighted by molar-refractivity contribution is -0.121. The summed E-state index contributed by atoms with van der Waals surface area (Å²) >= 11 is 8.01. The van der Waals surface area contributed by atoms with Crippen molar-refractivity contribution in [3.63, 3.8) is 0 Å². The number of aromatic nitrogens is 3. The molecule has 1 amide bonds. The van der Waals surface area contributed by atoms with E-state index in [0.717, 1.165) is 90.5 Å². The number of fused-ring (bicyclic) bond motifs is 3. The van der Waals surface area contributed by atoms with E-state index in [1.165, 1.54) is 10.4 Å². The first kappa shape index (κ1) is 26.3. The summed E-state index contributed by atoms with van der Waals surface area (Å²) in [5.74, 6) is 1.54. The monoisotopic (exact) mass is 541 g/mol. The number of aliphatic imine (C=N–C) groups is 1. The number of aryl methyl sites for hydroxylation is 2. The number of likely N-dealkylation sites (N-methyl/N-ethyl adjacent to an activating group) is 1. The summed E-state index contributed by atoms with van der Waals surface area (Å²) in [5, 5.41) is 14.0. The molecule has 8 nitrogen and oxygen atoms in total. The Morgan fingerprint density at radius 3 is 2.65 bits per heavy atom. The van der Waals surface area contributed by atoms with Gasteiger partial charge in [0.05, 0.1) is 12.1 Å². The summed E-state index contributed by atoms with van der Waals surface area (Å²) in [4.78, 5) is 24.4. The molecule has 2 aromatic rings. The lowest BCUT2D eigenvalue weighted by Crippen LogP contribution is -2.45. The highest BCUT2D eigenvalue weighted by atomic mass is 35.5. The summed E-state index contributed by atoms with van der Waals surface area (Å²) in [7, 11) is 2.17. The van der Waals surface area contributed by atoms with E-state index in [4.69, 9.17) is 16.6 Å². The van der Waals surface area contributed by atoms with Crippen LogP contribution in [0.4, 0.5) is 0 Å². The smallest absolute Gasteiger partial charge is 0.222 e. The quantitative estimate of drug-likeness (QED) is 0.534. The van der Waals surface area contributed by atoms with E-state index in [-0.39, 0.29) is 12.3 Å². The van der Waals surface area contributed by atoms with Gasteiger partial charge < -0.3 is 15.1 Å². The molecule has 4 heterocycles. The Hall–Kier alpha value is -2.33. The second-order valence-electron chi connectivity index (χ2n) is 10.3. The predicted molar refractivity (Wildman–Crippen MR) is 150 cm³/mol. The summed E-state index contributed by atoms with van der Waals surface area (Å²) in [6, 6.07) is -0.407. The Balaban J connectivity index is 1.36. The van der Waals surface area contributed by atoms with Crippen LogP contribution in [-0.2, 0) is 4.79 Å². The van der Waals surface area contributed by atoms with Crippen molar-refractivity contribution in [2.75, 3.05) is 46.3 Å². The lowest BCUT2D eigenvalue weighted by atomic mass is 9.93. The number of hydrogen-bond donors (Lipinski definition) is 1. The van der Waals surface area contributed by atoms with Crippen LogP contribution in [0, 0.1) is 20.8 Å². The SMILES string of the molecule is Cc1sc2c(c1C)C(C1=CC=C(Cl)CC1)=N[C@@H](CC(=O)NCCCN1CCN(C)CC1)c1nnc(C)n1-2. The molecule has 2 aromatic heterocycles. The molecule has 1 N–H and O–H groups in total. The molecule has 10 heteroatoms. The fourth-order valence-electron chi connectivity index (χ4n) is 5.21. The molecule has 0 bridgehead atoms. The second-order valence-corrected chi connectivity index (χ2v) is 11.9. The number of hydrogen-bond acceptors (Lipinski definition) is 7. The number of piperazine rings is 1. The van der Waals surface area contributed by atoms with E-state index in [1.807, 2.05) is 13.0 Å². The highest BCUT2D eigenvalue weighted by Gasteiger charge is 2.33. The maximum atomic E-state index is 13.1. The minimum Gasteiger partial charge on any atom is -0.356 e. The molecule has 37 heavy (non-hydrogen) atoms. The normalized spacial score (nSPS) is 20.5. The Morgan fingerprint density at radius 2 is 1.92 bits per heavy atom. The number of allylic oxidation sites excluding steroid dienone is 4. The maximum Gasteiger partial charge on any atom is 0.222 e. The maximum absolute atomic E-state index is 13.1. The zero-order valence-electron chi connectivity index (χ0n) is 22.2. The van der Waals surface area contributed by atoms with Crippen molar-refractivity contribution in [3.05, 3.63) is 50.4 Å². The number of amides is 1. The van der Waals surface area contributed by atoms with E-state index in [2.05, 4.69) is 56.9 Å². The summed E-state index contributed by atoms with van der Waals surface area (Å²) in [5.41, 5.74) is 4.45. The predicted octanol–water partition coefficient (Wildman–Crippen LogP) is 4.08. The van der Waals surface area contributed by atoms with Gasteiger partial charge in [-0.1, -0.05) is 17.7 Å². The number of carbonyl (C=O) groups is 1. The van der Waals surface area contributed by atoms with Crippen LogP contribution in [0.1, 0.15) is 59.4 Å². The Labute approximate surface area is 228 Å². The van der Waals surface area contributed by atoms with E-state index in [0.29, 0.717) is 6.54 Å². The molecule has 2 aliphatic heterocycles. The first-order valence-corrected chi connectivity index (χ1v) is 14.3. The van der Waals surface area contributed by atoms with Crippen LogP contribution < -0.4 is 5.32 Å². The van der Waals surface area contributed by atoms with Crippen molar-refractivity contribution in [3.8, 4) is 5.00 Å². The third-order valence-electron chi connectivity index (χ3n) is 7.59. The van der Waals surface area contributed by atoms with Gasteiger partial charge in [0, 0.05) is 48.2 Å². The van der Waals surface area contributed by atoms with E-state index in [9.17, 15) is 4.79 Å². The van der Waals surface area contributed by atoms with Gasteiger partial charge in [0.1, 0.15) is 16.9 Å². The largest absolute Gasteiger partial charge is 0.356 e. The number of rotatable bonds is 7. The van der Waals surface area contributed by atoms with E-state index >= 15 is 0 Å². The summed E-state index contributed by atoms with van der Waals surface area (Å²) < 4.78 is 2.11. The van der Waals surface area contributed by atoms with Crippen molar-refractivity contribution in [2.24, 2.45) is 4.99 Å². The molecule has 3 aliphatic rings. The van der Waals surface area contributed by atoms with Gasteiger partial charge in [-0.05, 0) is 70.8 Å². The number of halogens is 1. The van der Waals surface area contributed by atoms with Gasteiger partial charge in [0.25, 0.3) is 0 Å².